The van der Waals surface area contributed by atoms with Crippen LogP contribution >= 0.6 is 0 Å². The van der Waals surface area contributed by atoms with Crippen LogP contribution in [0.1, 0.15) is 73.6 Å². The van der Waals surface area contributed by atoms with E-state index in [0.29, 0.717) is 25.9 Å². The summed E-state index contributed by atoms with van der Waals surface area (Å²) >= 11 is 0. The molecule has 1 amide bonds. The molecule has 0 saturated heterocycles. The van der Waals surface area contributed by atoms with Crippen LogP contribution in [0.15, 0.2) is 0 Å². The number of ether oxygens (including phenoxy) is 3. The summed E-state index contributed by atoms with van der Waals surface area (Å²) in [7, 11) is 0. The molecule has 0 unspecified atom stereocenters. The van der Waals surface area contributed by atoms with Crippen LogP contribution in [0.3, 0.4) is 0 Å². The Labute approximate surface area is 202 Å². The fourth-order valence-corrected chi connectivity index (χ4v) is 2.94. The largest absolute Gasteiger partial charge is 0.420 e. The Kier molecular flexibility index (Phi) is 11.6. The topological polar surface area (TPSA) is 73.9 Å². The maximum atomic E-state index is 13.7. The summed E-state index contributed by atoms with van der Waals surface area (Å²) in [6.45, 7) is 11.5. The van der Waals surface area contributed by atoms with Gasteiger partial charge in [-0.25, -0.2) is 13.2 Å². The van der Waals surface area contributed by atoms with Gasteiger partial charge in [0, 0.05) is 25.5 Å². The molecule has 0 atom stereocenters. The Morgan fingerprint density at radius 3 is 1.80 bits per heavy atom. The van der Waals surface area contributed by atoms with Crippen molar-refractivity contribution in [2.24, 2.45) is 0 Å². The summed E-state index contributed by atoms with van der Waals surface area (Å²) in [6, 6.07) is 0.0819. The zero-order valence-corrected chi connectivity index (χ0v) is 21.0. The Morgan fingerprint density at radius 2 is 1.26 bits per heavy atom. The smallest absolute Gasteiger partial charge is 0.311 e. The molecule has 0 aliphatic heterocycles. The molecular formula is C24H34F5NO5. The summed E-state index contributed by atoms with van der Waals surface area (Å²) in [5.41, 5.74) is -1.38. The zero-order chi connectivity index (χ0) is 27.0. The predicted molar refractivity (Wildman–Crippen MR) is 118 cm³/mol. The molecule has 0 aliphatic carbocycles. The number of esters is 1. The molecule has 0 bridgehead atoms. The fourth-order valence-electron chi connectivity index (χ4n) is 2.94. The Morgan fingerprint density at radius 1 is 0.771 bits per heavy atom. The molecular weight excluding hydrogens is 477 g/mol. The molecule has 200 valence electrons. The van der Waals surface area contributed by atoms with Gasteiger partial charge < -0.3 is 19.5 Å². The number of carbonyl (C=O) groups is 2. The number of amides is 1. The average Bonchev–Trinajstić information content (AvgIpc) is 2.75. The standard InChI is InChI=1S/C24H34F5NO5/c1-14(2)30-15(31)8-7-12-33-24(5,6)11-13-34-23(3,4)10-9-16(32)35-22-20(28)18(26)17(25)19(27)21(22)29/h14H,7-13H2,1-6H3,(H,30,31). The SMILES string of the molecule is CC(C)NC(=O)CCCOC(C)(C)CCOC(C)(C)CCC(=O)Oc1c(F)c(F)c(F)c(F)c1F. The van der Waals surface area contributed by atoms with E-state index in [1.165, 1.54) is 0 Å². The lowest BCUT2D eigenvalue weighted by atomic mass is 10.0. The van der Waals surface area contributed by atoms with Crippen molar-refractivity contribution in [1.82, 2.24) is 5.32 Å². The molecule has 1 aromatic rings. The number of nitrogens with one attached hydrogen (secondary N) is 1. The lowest BCUT2D eigenvalue weighted by Crippen LogP contribution is -2.32. The van der Waals surface area contributed by atoms with Gasteiger partial charge in [-0.2, -0.15) is 8.78 Å². The minimum atomic E-state index is -2.34. The van der Waals surface area contributed by atoms with Crippen LogP contribution in [-0.4, -0.2) is 42.3 Å². The first kappa shape index (κ1) is 30.8. The summed E-state index contributed by atoms with van der Waals surface area (Å²) < 4.78 is 82.9. The summed E-state index contributed by atoms with van der Waals surface area (Å²) in [6.07, 6.45) is 1.11. The van der Waals surface area contributed by atoms with Gasteiger partial charge in [0.2, 0.25) is 40.7 Å². The van der Waals surface area contributed by atoms with Crippen LogP contribution in [0.2, 0.25) is 0 Å². The fraction of sp³-hybridized carbons (Fsp3) is 0.667. The Hall–Kier alpha value is -2.27. The molecule has 0 radical (unpaired) electrons. The van der Waals surface area contributed by atoms with E-state index >= 15 is 0 Å². The Balaban J connectivity index is 2.45. The van der Waals surface area contributed by atoms with E-state index in [2.05, 4.69) is 10.1 Å². The number of halogens is 5. The van der Waals surface area contributed by atoms with Gasteiger partial charge in [-0.15, -0.1) is 0 Å². The van der Waals surface area contributed by atoms with Crippen molar-refractivity contribution in [3.8, 4) is 5.75 Å². The number of benzene rings is 1. The highest BCUT2D eigenvalue weighted by atomic mass is 19.2. The van der Waals surface area contributed by atoms with Crippen molar-refractivity contribution in [2.75, 3.05) is 13.2 Å². The maximum absolute atomic E-state index is 13.7. The van der Waals surface area contributed by atoms with Crippen molar-refractivity contribution in [2.45, 2.75) is 90.9 Å². The maximum Gasteiger partial charge on any atom is 0.311 e. The lowest BCUT2D eigenvalue weighted by Gasteiger charge is -2.29. The number of hydrogen-bond acceptors (Lipinski definition) is 5. The van der Waals surface area contributed by atoms with E-state index < -0.39 is 52.0 Å². The van der Waals surface area contributed by atoms with Gasteiger partial charge in [0.25, 0.3) is 0 Å². The molecule has 0 aliphatic rings. The third-order valence-corrected chi connectivity index (χ3v) is 5.00. The van der Waals surface area contributed by atoms with Gasteiger partial charge in [0.1, 0.15) is 0 Å². The van der Waals surface area contributed by atoms with E-state index in [1.807, 2.05) is 27.7 Å². The molecule has 1 N–H and O–H groups in total. The van der Waals surface area contributed by atoms with Crippen LogP contribution < -0.4 is 10.1 Å². The Bertz CT molecular complexity index is 861. The molecule has 0 heterocycles. The second-order valence-electron chi connectivity index (χ2n) is 9.67. The van der Waals surface area contributed by atoms with Gasteiger partial charge >= 0.3 is 5.97 Å². The number of carbonyl (C=O) groups excluding carboxylic acids is 2. The third kappa shape index (κ3) is 10.5. The van der Waals surface area contributed by atoms with Crippen molar-refractivity contribution < 1.29 is 45.8 Å². The average molecular weight is 512 g/mol. The third-order valence-electron chi connectivity index (χ3n) is 5.00. The van der Waals surface area contributed by atoms with Crippen molar-refractivity contribution in [3.63, 3.8) is 0 Å². The van der Waals surface area contributed by atoms with E-state index in [9.17, 15) is 31.5 Å². The van der Waals surface area contributed by atoms with Crippen LogP contribution in [0.5, 0.6) is 5.75 Å². The summed E-state index contributed by atoms with van der Waals surface area (Å²) in [5.74, 6) is -14.0. The molecule has 1 aromatic carbocycles. The highest BCUT2D eigenvalue weighted by Gasteiger charge is 2.29. The van der Waals surface area contributed by atoms with E-state index in [1.54, 1.807) is 13.8 Å². The second kappa shape index (κ2) is 13.2. The molecule has 0 aromatic heterocycles. The van der Waals surface area contributed by atoms with Gasteiger partial charge in [-0.05, 0) is 60.8 Å². The minimum absolute atomic E-state index is 0.0369. The van der Waals surface area contributed by atoms with Crippen LogP contribution in [0.25, 0.3) is 0 Å². The molecule has 6 nitrogen and oxygen atoms in total. The van der Waals surface area contributed by atoms with E-state index in [0.717, 1.165) is 0 Å². The van der Waals surface area contributed by atoms with Gasteiger partial charge in [0.15, 0.2) is 0 Å². The highest BCUT2D eigenvalue weighted by molar-refractivity contribution is 5.76. The predicted octanol–water partition coefficient (Wildman–Crippen LogP) is 5.35. The molecule has 35 heavy (non-hydrogen) atoms. The first-order valence-corrected chi connectivity index (χ1v) is 11.4. The first-order valence-electron chi connectivity index (χ1n) is 11.4. The van der Waals surface area contributed by atoms with Crippen molar-refractivity contribution in [1.29, 1.82) is 0 Å². The van der Waals surface area contributed by atoms with Crippen molar-refractivity contribution >= 4 is 11.9 Å². The van der Waals surface area contributed by atoms with Crippen LogP contribution in [0, 0.1) is 29.1 Å². The lowest BCUT2D eigenvalue weighted by molar-refractivity contribution is -0.137. The first-order chi connectivity index (χ1) is 16.1. The monoisotopic (exact) mass is 511 g/mol. The minimum Gasteiger partial charge on any atom is -0.420 e. The molecule has 0 saturated carbocycles. The molecule has 11 heteroatoms. The quantitative estimate of drug-likeness (QED) is 0.0910. The van der Waals surface area contributed by atoms with E-state index in [-0.39, 0.29) is 31.4 Å². The van der Waals surface area contributed by atoms with Crippen LogP contribution in [0.4, 0.5) is 22.0 Å². The number of hydrogen-bond donors (Lipinski definition) is 1. The second-order valence-corrected chi connectivity index (χ2v) is 9.67. The molecule has 0 fully saturated rings. The summed E-state index contributed by atoms with van der Waals surface area (Å²) in [4.78, 5) is 23.6. The number of rotatable bonds is 14. The van der Waals surface area contributed by atoms with Gasteiger partial charge in [0.05, 0.1) is 17.8 Å². The molecule has 1 rings (SSSR count). The normalized spacial score (nSPS) is 12.2. The van der Waals surface area contributed by atoms with Crippen molar-refractivity contribution in [3.05, 3.63) is 29.1 Å². The van der Waals surface area contributed by atoms with Gasteiger partial charge in [-0.3, -0.25) is 9.59 Å². The molecule has 0 spiro atoms. The highest BCUT2D eigenvalue weighted by Crippen LogP contribution is 2.30. The summed E-state index contributed by atoms with van der Waals surface area (Å²) in [5, 5.41) is 2.80. The van der Waals surface area contributed by atoms with Crippen LogP contribution in [-0.2, 0) is 19.1 Å². The zero-order valence-electron chi connectivity index (χ0n) is 21.0. The van der Waals surface area contributed by atoms with E-state index in [4.69, 9.17) is 9.47 Å². The van der Waals surface area contributed by atoms with Gasteiger partial charge in [-0.1, -0.05) is 0 Å².